The molecule has 26 heavy (non-hydrogen) atoms. The van der Waals surface area contributed by atoms with Crippen molar-refractivity contribution >= 4 is 5.97 Å². The minimum atomic E-state index is -0.929. The third-order valence-electron chi connectivity index (χ3n) is 4.57. The van der Waals surface area contributed by atoms with Gasteiger partial charge in [-0.25, -0.2) is 4.79 Å². The number of aromatic carboxylic acids is 1. The van der Waals surface area contributed by atoms with Crippen LogP contribution >= 0.6 is 0 Å². The third-order valence-corrected chi connectivity index (χ3v) is 4.57. The highest BCUT2D eigenvalue weighted by atomic mass is 16.5. The number of hydrogen-bond acceptors (Lipinski definition) is 2. The van der Waals surface area contributed by atoms with E-state index in [0.29, 0.717) is 17.9 Å². The highest BCUT2D eigenvalue weighted by molar-refractivity contribution is 5.98. The Balaban J connectivity index is 1.91. The van der Waals surface area contributed by atoms with Crippen LogP contribution in [0.25, 0.3) is 11.1 Å². The fourth-order valence-corrected chi connectivity index (χ4v) is 3.15. The van der Waals surface area contributed by atoms with Gasteiger partial charge in [-0.05, 0) is 24.1 Å². The second kappa shape index (κ2) is 11.3. The number of carboxylic acids is 1. The molecule has 0 aromatic heterocycles. The van der Waals surface area contributed by atoms with Gasteiger partial charge in [-0.3, -0.25) is 0 Å². The van der Waals surface area contributed by atoms with Gasteiger partial charge >= 0.3 is 5.97 Å². The zero-order valence-corrected chi connectivity index (χ0v) is 15.7. The first-order valence-electron chi connectivity index (χ1n) is 9.78. The molecular formula is C23H30O3. The minimum absolute atomic E-state index is 0.282. The predicted octanol–water partition coefficient (Wildman–Crippen LogP) is 6.57. The van der Waals surface area contributed by atoms with Crippen molar-refractivity contribution in [3.8, 4) is 16.9 Å². The lowest BCUT2D eigenvalue weighted by Crippen LogP contribution is -2.04. The van der Waals surface area contributed by atoms with Crippen molar-refractivity contribution in [2.75, 3.05) is 6.61 Å². The molecule has 140 valence electrons. The van der Waals surface area contributed by atoms with Crippen LogP contribution in [0.3, 0.4) is 0 Å². The molecule has 3 nitrogen and oxygen atoms in total. The highest BCUT2D eigenvalue weighted by Gasteiger charge is 2.16. The number of ether oxygens (including phenoxy) is 1. The summed E-state index contributed by atoms with van der Waals surface area (Å²) in [7, 11) is 0. The molecule has 0 aliphatic rings. The lowest BCUT2D eigenvalue weighted by atomic mass is 9.98. The summed E-state index contributed by atoms with van der Waals surface area (Å²) in [5.74, 6) is -0.277. The summed E-state index contributed by atoms with van der Waals surface area (Å²) in [6.45, 7) is 2.86. The Hall–Kier alpha value is -2.29. The van der Waals surface area contributed by atoms with Crippen LogP contribution in [0.15, 0.2) is 48.5 Å². The standard InChI is InChI=1S/C23H30O3/c1-2-3-4-5-6-7-8-12-18-26-21-17-13-16-20(23(24)25)22(21)19-14-10-9-11-15-19/h9-11,13-17H,2-8,12,18H2,1H3,(H,24,25). The average Bonchev–Trinajstić information content (AvgIpc) is 2.67. The number of carbonyl (C=O) groups is 1. The fourth-order valence-electron chi connectivity index (χ4n) is 3.15. The molecule has 0 bridgehead atoms. The van der Waals surface area contributed by atoms with Crippen molar-refractivity contribution in [3.05, 3.63) is 54.1 Å². The molecular weight excluding hydrogens is 324 g/mol. The SMILES string of the molecule is CCCCCCCCCCOc1cccc(C(=O)O)c1-c1ccccc1. The zero-order chi connectivity index (χ0) is 18.6. The first-order chi connectivity index (χ1) is 12.7. The molecule has 0 saturated carbocycles. The molecule has 3 heteroatoms. The van der Waals surface area contributed by atoms with Crippen LogP contribution < -0.4 is 4.74 Å². The van der Waals surface area contributed by atoms with Gasteiger partial charge in [-0.2, -0.15) is 0 Å². The van der Waals surface area contributed by atoms with E-state index in [-0.39, 0.29) is 5.56 Å². The van der Waals surface area contributed by atoms with Gasteiger partial charge in [-0.15, -0.1) is 0 Å². The van der Waals surface area contributed by atoms with Crippen LogP contribution in [-0.2, 0) is 0 Å². The predicted molar refractivity (Wildman–Crippen MR) is 107 cm³/mol. The van der Waals surface area contributed by atoms with Gasteiger partial charge in [0.15, 0.2) is 0 Å². The van der Waals surface area contributed by atoms with E-state index in [1.807, 2.05) is 36.4 Å². The Morgan fingerprint density at radius 2 is 1.50 bits per heavy atom. The van der Waals surface area contributed by atoms with Crippen molar-refractivity contribution in [2.45, 2.75) is 58.3 Å². The Morgan fingerprint density at radius 1 is 0.846 bits per heavy atom. The lowest BCUT2D eigenvalue weighted by Gasteiger charge is -2.14. The van der Waals surface area contributed by atoms with Crippen LogP contribution in [0.1, 0.15) is 68.6 Å². The topological polar surface area (TPSA) is 46.5 Å². The number of unbranched alkanes of at least 4 members (excludes halogenated alkanes) is 7. The van der Waals surface area contributed by atoms with Crippen molar-refractivity contribution in [2.24, 2.45) is 0 Å². The summed E-state index contributed by atoms with van der Waals surface area (Å²) in [6.07, 6.45) is 9.99. The third kappa shape index (κ3) is 6.21. The molecule has 0 atom stereocenters. The van der Waals surface area contributed by atoms with Gasteiger partial charge in [0.2, 0.25) is 0 Å². The normalized spacial score (nSPS) is 10.7. The molecule has 0 spiro atoms. The van der Waals surface area contributed by atoms with Crippen LogP contribution in [0, 0.1) is 0 Å². The maximum absolute atomic E-state index is 11.6. The second-order valence-electron chi connectivity index (χ2n) is 6.67. The van der Waals surface area contributed by atoms with Gasteiger partial charge in [0.25, 0.3) is 0 Å². The van der Waals surface area contributed by atoms with Gasteiger partial charge < -0.3 is 9.84 Å². The van der Waals surface area contributed by atoms with Crippen LogP contribution in [0.2, 0.25) is 0 Å². The van der Waals surface area contributed by atoms with E-state index in [2.05, 4.69) is 6.92 Å². The molecule has 2 rings (SSSR count). The first-order valence-corrected chi connectivity index (χ1v) is 9.78. The quantitative estimate of drug-likeness (QED) is 0.438. The number of rotatable bonds is 12. The van der Waals surface area contributed by atoms with Gasteiger partial charge in [-0.1, -0.05) is 88.3 Å². The Labute approximate surface area is 157 Å². The molecule has 0 aliphatic heterocycles. The van der Waals surface area contributed by atoms with E-state index >= 15 is 0 Å². The summed E-state index contributed by atoms with van der Waals surface area (Å²) in [5.41, 5.74) is 1.82. The molecule has 2 aromatic rings. The van der Waals surface area contributed by atoms with Crippen LogP contribution in [0.5, 0.6) is 5.75 Å². The zero-order valence-electron chi connectivity index (χ0n) is 15.7. The van der Waals surface area contributed by atoms with Crippen LogP contribution in [0.4, 0.5) is 0 Å². The summed E-state index contributed by atoms with van der Waals surface area (Å²) < 4.78 is 5.96. The van der Waals surface area contributed by atoms with E-state index < -0.39 is 5.97 Å². The van der Waals surface area contributed by atoms with E-state index in [1.54, 1.807) is 12.1 Å². The minimum Gasteiger partial charge on any atom is -0.493 e. The first kappa shape index (κ1) is 20.0. The molecule has 2 aromatic carbocycles. The molecule has 0 heterocycles. The summed E-state index contributed by atoms with van der Waals surface area (Å²) in [5, 5.41) is 9.53. The van der Waals surface area contributed by atoms with Gasteiger partial charge in [0.05, 0.1) is 12.2 Å². The van der Waals surface area contributed by atoms with E-state index in [0.717, 1.165) is 18.4 Å². The van der Waals surface area contributed by atoms with Crippen molar-refractivity contribution < 1.29 is 14.6 Å². The van der Waals surface area contributed by atoms with E-state index in [1.165, 1.54) is 38.5 Å². The van der Waals surface area contributed by atoms with Crippen molar-refractivity contribution in [1.29, 1.82) is 0 Å². The summed E-state index contributed by atoms with van der Waals surface area (Å²) in [6, 6.07) is 14.8. The number of benzene rings is 2. The fraction of sp³-hybridized carbons (Fsp3) is 0.435. The summed E-state index contributed by atoms with van der Waals surface area (Å²) in [4.78, 5) is 11.6. The van der Waals surface area contributed by atoms with Gasteiger partial charge in [0, 0.05) is 5.56 Å². The van der Waals surface area contributed by atoms with Crippen molar-refractivity contribution in [1.82, 2.24) is 0 Å². The molecule has 0 radical (unpaired) electrons. The molecule has 1 N–H and O–H groups in total. The number of hydrogen-bond donors (Lipinski definition) is 1. The Bertz CT molecular complexity index is 664. The number of carboxylic acid groups (broad SMARTS) is 1. The van der Waals surface area contributed by atoms with E-state index in [4.69, 9.17) is 4.74 Å². The second-order valence-corrected chi connectivity index (χ2v) is 6.67. The smallest absolute Gasteiger partial charge is 0.336 e. The van der Waals surface area contributed by atoms with Crippen molar-refractivity contribution in [3.63, 3.8) is 0 Å². The van der Waals surface area contributed by atoms with E-state index in [9.17, 15) is 9.90 Å². The van der Waals surface area contributed by atoms with Crippen LogP contribution in [-0.4, -0.2) is 17.7 Å². The molecule has 0 fully saturated rings. The molecule has 0 aliphatic carbocycles. The Morgan fingerprint density at radius 3 is 2.15 bits per heavy atom. The largest absolute Gasteiger partial charge is 0.493 e. The average molecular weight is 354 g/mol. The highest BCUT2D eigenvalue weighted by Crippen LogP contribution is 2.33. The monoisotopic (exact) mass is 354 g/mol. The maximum Gasteiger partial charge on any atom is 0.336 e. The molecule has 0 unspecified atom stereocenters. The Kier molecular flexibility index (Phi) is 8.74. The lowest BCUT2D eigenvalue weighted by molar-refractivity contribution is 0.0697. The summed E-state index contributed by atoms with van der Waals surface area (Å²) >= 11 is 0. The molecule has 0 saturated heterocycles. The molecule has 0 amide bonds. The maximum atomic E-state index is 11.6. The van der Waals surface area contributed by atoms with Gasteiger partial charge in [0.1, 0.15) is 5.75 Å².